The first-order valence-electron chi connectivity index (χ1n) is 6.54. The molecule has 3 atom stereocenters. The van der Waals surface area contributed by atoms with Crippen molar-refractivity contribution >= 4 is 10.0 Å². The standard InChI is InChI=1S/C12H24N2O2S/c1-12(2)10-4-3-9(11(12)7-10)8-17(15,16)14-6-5-13/h9-11,14H,3-8,13H2,1-2H3/t9-,10-,11-/m0/s1. The third-order valence-corrected chi connectivity index (χ3v) is 6.41. The SMILES string of the molecule is CC1(C)[C@H]2CC[C@@H](CS(=O)(=O)NCCN)[C@@H]1C2. The van der Waals surface area contributed by atoms with E-state index >= 15 is 0 Å². The molecule has 5 heteroatoms. The Balaban J connectivity index is 1.95. The molecule has 3 saturated carbocycles. The second-order valence-electron chi connectivity index (χ2n) is 6.16. The zero-order valence-electron chi connectivity index (χ0n) is 10.8. The van der Waals surface area contributed by atoms with Gasteiger partial charge in [0.05, 0.1) is 5.75 Å². The third-order valence-electron chi connectivity index (χ3n) is 4.90. The van der Waals surface area contributed by atoms with Crippen LogP contribution in [-0.4, -0.2) is 27.3 Å². The lowest BCUT2D eigenvalue weighted by Gasteiger charge is -2.60. The van der Waals surface area contributed by atoms with Crippen molar-refractivity contribution in [3.05, 3.63) is 0 Å². The minimum atomic E-state index is -3.13. The number of fused-ring (bicyclic) bond motifs is 2. The van der Waals surface area contributed by atoms with E-state index in [4.69, 9.17) is 5.73 Å². The van der Waals surface area contributed by atoms with Gasteiger partial charge in [0.2, 0.25) is 10.0 Å². The van der Waals surface area contributed by atoms with E-state index in [1.807, 2.05) is 0 Å². The first-order valence-corrected chi connectivity index (χ1v) is 8.19. The summed E-state index contributed by atoms with van der Waals surface area (Å²) >= 11 is 0. The molecule has 0 unspecified atom stereocenters. The normalized spacial score (nSPS) is 35.4. The van der Waals surface area contributed by atoms with Crippen LogP contribution in [0, 0.1) is 23.2 Å². The summed E-state index contributed by atoms with van der Waals surface area (Å²) in [6, 6.07) is 0. The Labute approximate surface area is 104 Å². The first-order chi connectivity index (χ1) is 7.87. The minimum absolute atomic E-state index is 0.286. The van der Waals surface area contributed by atoms with Crippen molar-refractivity contribution in [3.63, 3.8) is 0 Å². The molecule has 0 spiro atoms. The van der Waals surface area contributed by atoms with Crippen molar-refractivity contribution in [2.24, 2.45) is 28.9 Å². The van der Waals surface area contributed by atoms with Crippen LogP contribution >= 0.6 is 0 Å². The fraction of sp³-hybridized carbons (Fsp3) is 1.00. The second kappa shape index (κ2) is 4.52. The molecule has 4 nitrogen and oxygen atoms in total. The molecule has 0 radical (unpaired) electrons. The average molecular weight is 260 g/mol. The van der Waals surface area contributed by atoms with E-state index < -0.39 is 10.0 Å². The third kappa shape index (κ3) is 2.51. The van der Waals surface area contributed by atoms with Crippen LogP contribution in [-0.2, 0) is 10.0 Å². The van der Waals surface area contributed by atoms with Gasteiger partial charge in [0.25, 0.3) is 0 Å². The summed E-state index contributed by atoms with van der Waals surface area (Å²) in [6.07, 6.45) is 3.49. The van der Waals surface area contributed by atoms with Gasteiger partial charge in [0.1, 0.15) is 0 Å². The fourth-order valence-corrected chi connectivity index (χ4v) is 5.23. The largest absolute Gasteiger partial charge is 0.329 e. The van der Waals surface area contributed by atoms with Gasteiger partial charge in [-0.1, -0.05) is 13.8 Å². The van der Waals surface area contributed by atoms with E-state index in [1.165, 1.54) is 12.8 Å². The van der Waals surface area contributed by atoms with E-state index in [2.05, 4.69) is 18.6 Å². The molecule has 3 rings (SSSR count). The lowest BCUT2D eigenvalue weighted by Crippen LogP contribution is -2.54. The van der Waals surface area contributed by atoms with Crippen molar-refractivity contribution in [3.8, 4) is 0 Å². The number of hydrogen-bond acceptors (Lipinski definition) is 3. The maximum Gasteiger partial charge on any atom is 0.211 e. The Hall–Kier alpha value is -0.130. The number of sulfonamides is 1. The number of hydrogen-bond donors (Lipinski definition) is 2. The van der Waals surface area contributed by atoms with Gasteiger partial charge in [-0.05, 0) is 42.4 Å². The Bertz CT molecular complexity index is 376. The average Bonchev–Trinajstić information content (AvgIpc) is 2.25. The topological polar surface area (TPSA) is 72.2 Å². The van der Waals surface area contributed by atoms with Gasteiger partial charge in [-0.2, -0.15) is 0 Å². The number of rotatable bonds is 5. The summed E-state index contributed by atoms with van der Waals surface area (Å²) in [7, 11) is -3.13. The monoisotopic (exact) mass is 260 g/mol. The van der Waals surface area contributed by atoms with Crippen molar-refractivity contribution in [1.82, 2.24) is 4.72 Å². The smallest absolute Gasteiger partial charge is 0.211 e. The Morgan fingerprint density at radius 1 is 1.35 bits per heavy atom. The van der Waals surface area contributed by atoms with E-state index in [9.17, 15) is 8.42 Å². The van der Waals surface area contributed by atoms with Crippen LogP contribution in [0.3, 0.4) is 0 Å². The summed E-state index contributed by atoms with van der Waals surface area (Å²) in [4.78, 5) is 0. The predicted octanol–water partition coefficient (Wildman–Crippen LogP) is 0.937. The number of nitrogens with one attached hydrogen (secondary N) is 1. The molecule has 100 valence electrons. The molecule has 0 aliphatic heterocycles. The van der Waals surface area contributed by atoms with E-state index in [0.29, 0.717) is 30.3 Å². The summed E-state index contributed by atoms with van der Waals surface area (Å²) in [5.41, 5.74) is 5.67. The van der Waals surface area contributed by atoms with Gasteiger partial charge in [-0.25, -0.2) is 13.1 Å². The quantitative estimate of drug-likeness (QED) is 0.772. The van der Waals surface area contributed by atoms with Gasteiger partial charge in [0.15, 0.2) is 0 Å². The van der Waals surface area contributed by atoms with Gasteiger partial charge in [-0.3, -0.25) is 0 Å². The van der Waals surface area contributed by atoms with E-state index in [1.54, 1.807) is 0 Å². The van der Waals surface area contributed by atoms with Crippen molar-refractivity contribution in [1.29, 1.82) is 0 Å². The van der Waals surface area contributed by atoms with Crippen LogP contribution in [0.25, 0.3) is 0 Å². The highest BCUT2D eigenvalue weighted by atomic mass is 32.2. The fourth-order valence-electron chi connectivity index (χ4n) is 3.72. The molecule has 3 aliphatic carbocycles. The molecule has 0 heterocycles. The van der Waals surface area contributed by atoms with Crippen molar-refractivity contribution in [2.45, 2.75) is 33.1 Å². The summed E-state index contributed by atoms with van der Waals surface area (Å²) in [5, 5.41) is 0. The van der Waals surface area contributed by atoms with Gasteiger partial charge >= 0.3 is 0 Å². The van der Waals surface area contributed by atoms with E-state index in [0.717, 1.165) is 12.3 Å². The van der Waals surface area contributed by atoms with Gasteiger partial charge in [-0.15, -0.1) is 0 Å². The Morgan fingerprint density at radius 2 is 2.06 bits per heavy atom. The molecule has 3 N–H and O–H groups in total. The molecule has 2 bridgehead atoms. The lowest BCUT2D eigenvalue weighted by molar-refractivity contribution is -0.0978. The van der Waals surface area contributed by atoms with Crippen molar-refractivity contribution in [2.75, 3.05) is 18.8 Å². The Kier molecular flexibility index (Phi) is 3.54. The highest BCUT2D eigenvalue weighted by Crippen LogP contribution is 2.61. The van der Waals surface area contributed by atoms with E-state index in [-0.39, 0.29) is 5.75 Å². The molecule has 0 saturated heterocycles. The molecule has 0 aromatic rings. The summed E-state index contributed by atoms with van der Waals surface area (Å²) in [6.45, 7) is 5.29. The van der Waals surface area contributed by atoms with Crippen LogP contribution < -0.4 is 10.5 Å². The first kappa shape index (κ1) is 13.3. The molecular weight excluding hydrogens is 236 g/mol. The maximum absolute atomic E-state index is 11.9. The van der Waals surface area contributed by atoms with Crippen LogP contribution in [0.4, 0.5) is 0 Å². The zero-order chi connectivity index (χ0) is 12.7. The molecule has 17 heavy (non-hydrogen) atoms. The molecule has 0 amide bonds. The zero-order valence-corrected chi connectivity index (χ0v) is 11.6. The molecule has 3 aliphatic rings. The molecular formula is C12H24N2O2S. The molecule has 0 aromatic heterocycles. The van der Waals surface area contributed by atoms with Crippen LogP contribution in [0.5, 0.6) is 0 Å². The second-order valence-corrected chi connectivity index (χ2v) is 8.01. The minimum Gasteiger partial charge on any atom is -0.329 e. The van der Waals surface area contributed by atoms with Gasteiger partial charge < -0.3 is 5.73 Å². The highest BCUT2D eigenvalue weighted by Gasteiger charge is 2.54. The van der Waals surface area contributed by atoms with Crippen LogP contribution in [0.2, 0.25) is 0 Å². The van der Waals surface area contributed by atoms with Crippen molar-refractivity contribution < 1.29 is 8.42 Å². The van der Waals surface area contributed by atoms with Gasteiger partial charge in [0, 0.05) is 13.1 Å². The molecule has 0 aromatic carbocycles. The summed E-state index contributed by atoms with van der Waals surface area (Å²) in [5.74, 6) is 2.04. The molecule has 3 fully saturated rings. The highest BCUT2D eigenvalue weighted by molar-refractivity contribution is 7.89. The predicted molar refractivity (Wildman–Crippen MR) is 68.9 cm³/mol. The maximum atomic E-state index is 11.9. The van der Waals surface area contributed by atoms with Crippen LogP contribution in [0.1, 0.15) is 33.1 Å². The van der Waals surface area contributed by atoms with Crippen LogP contribution in [0.15, 0.2) is 0 Å². The lowest BCUT2D eigenvalue weighted by atomic mass is 9.46. The number of nitrogens with two attached hydrogens (primary N) is 1. The summed E-state index contributed by atoms with van der Waals surface area (Å²) < 4.78 is 26.3. The Morgan fingerprint density at radius 3 is 2.59 bits per heavy atom.